The van der Waals surface area contributed by atoms with E-state index in [0.717, 1.165) is 13.2 Å². The van der Waals surface area contributed by atoms with Crippen molar-refractivity contribution in [1.29, 1.82) is 0 Å². The summed E-state index contributed by atoms with van der Waals surface area (Å²) in [4.78, 5) is 0. The molecule has 0 spiro atoms. The quantitative estimate of drug-likeness (QED) is 0.0624. The summed E-state index contributed by atoms with van der Waals surface area (Å²) in [6.45, 7) is 6.36. The summed E-state index contributed by atoms with van der Waals surface area (Å²) < 4.78 is 5.91. The molecule has 0 radical (unpaired) electrons. The summed E-state index contributed by atoms with van der Waals surface area (Å²) in [5, 5.41) is 15.2. The molecule has 0 aliphatic heterocycles. The monoisotopic (exact) mass is 697 g/mol. The van der Waals surface area contributed by atoms with Crippen molar-refractivity contribution < 1.29 is 14.9 Å². The summed E-state index contributed by atoms with van der Waals surface area (Å²) in [7, 11) is 0. The van der Waals surface area contributed by atoms with Crippen LogP contribution in [0.1, 0.15) is 271 Å². The Morgan fingerprint density at radius 1 is 0.224 bits per heavy atom. The standard InChI is InChI=1S/C44H90O.C2H6O2/c1-3-5-7-9-11-13-15-17-19-21-23-25-27-29-31-33-35-37-39-41-43-45-44-42-40-38-36-34-32-30-28-26-24-22-20-18-16-14-12-10-8-6-4-2;3-1-2-4/h3-44H2,1-2H3;3-4H,1-2H2. The molecule has 0 aromatic rings. The Bertz CT molecular complexity index is 467. The second-order valence-corrected chi connectivity index (χ2v) is 15.5. The van der Waals surface area contributed by atoms with Crippen LogP contribution in [-0.4, -0.2) is 36.6 Å². The van der Waals surface area contributed by atoms with Gasteiger partial charge < -0.3 is 14.9 Å². The fourth-order valence-corrected chi connectivity index (χ4v) is 7.02. The van der Waals surface area contributed by atoms with E-state index in [4.69, 9.17) is 14.9 Å². The highest BCUT2D eigenvalue weighted by Gasteiger charge is 1.98. The van der Waals surface area contributed by atoms with Crippen molar-refractivity contribution in [1.82, 2.24) is 0 Å². The van der Waals surface area contributed by atoms with Gasteiger partial charge in [0.25, 0.3) is 0 Å². The number of hydrogen-bond acceptors (Lipinski definition) is 3. The summed E-state index contributed by atoms with van der Waals surface area (Å²) in [6, 6.07) is 0. The maximum absolute atomic E-state index is 7.62. The van der Waals surface area contributed by atoms with Crippen molar-refractivity contribution in [3.05, 3.63) is 0 Å². The lowest BCUT2D eigenvalue weighted by Gasteiger charge is -2.06. The average Bonchev–Trinajstić information content (AvgIpc) is 3.12. The van der Waals surface area contributed by atoms with Crippen molar-refractivity contribution in [2.45, 2.75) is 271 Å². The van der Waals surface area contributed by atoms with E-state index < -0.39 is 0 Å². The average molecular weight is 697 g/mol. The predicted molar refractivity (Wildman–Crippen MR) is 221 cm³/mol. The topological polar surface area (TPSA) is 49.7 Å². The van der Waals surface area contributed by atoms with E-state index >= 15 is 0 Å². The molecular weight excluding hydrogens is 601 g/mol. The lowest BCUT2D eigenvalue weighted by Crippen LogP contribution is -1.97. The maximum atomic E-state index is 7.62. The maximum Gasteiger partial charge on any atom is 0.0662 e. The highest BCUT2D eigenvalue weighted by Crippen LogP contribution is 2.16. The Balaban J connectivity index is 0. The second kappa shape index (κ2) is 52.2. The van der Waals surface area contributed by atoms with Gasteiger partial charge in [0, 0.05) is 13.2 Å². The van der Waals surface area contributed by atoms with E-state index in [1.807, 2.05) is 0 Å². The first-order valence-corrected chi connectivity index (χ1v) is 23.1. The Kier molecular flexibility index (Phi) is 54.4. The first-order valence-electron chi connectivity index (χ1n) is 23.1. The van der Waals surface area contributed by atoms with Gasteiger partial charge in [-0.25, -0.2) is 0 Å². The SMILES string of the molecule is CCCCCCCCCCCCCCCCCCCCCCOCCCCCCCCCCCCCCCCCCCCCC.OCCO. The lowest BCUT2D eigenvalue weighted by molar-refractivity contribution is 0.125. The van der Waals surface area contributed by atoms with Crippen LogP contribution in [0.2, 0.25) is 0 Å². The number of aliphatic hydroxyl groups is 2. The van der Waals surface area contributed by atoms with Crippen molar-refractivity contribution in [2.75, 3.05) is 26.4 Å². The molecule has 0 fully saturated rings. The second-order valence-electron chi connectivity index (χ2n) is 15.5. The van der Waals surface area contributed by atoms with Gasteiger partial charge >= 0.3 is 0 Å². The van der Waals surface area contributed by atoms with Gasteiger partial charge in [-0.05, 0) is 12.8 Å². The third-order valence-corrected chi connectivity index (χ3v) is 10.4. The van der Waals surface area contributed by atoms with E-state index in [1.54, 1.807) is 0 Å². The normalized spacial score (nSPS) is 11.3. The molecule has 0 bridgehead atoms. The zero-order valence-electron chi connectivity index (χ0n) is 34.4. The van der Waals surface area contributed by atoms with Gasteiger partial charge in [0.1, 0.15) is 0 Å². The first kappa shape index (κ1) is 51.0. The lowest BCUT2D eigenvalue weighted by atomic mass is 10.0. The molecule has 0 rings (SSSR count). The molecule has 0 saturated heterocycles. The predicted octanol–water partition coefficient (Wildman–Crippen LogP) is 15.6. The minimum absolute atomic E-state index is 0.125. The van der Waals surface area contributed by atoms with Crippen LogP contribution in [0.5, 0.6) is 0 Å². The summed E-state index contributed by atoms with van der Waals surface area (Å²) >= 11 is 0. The highest BCUT2D eigenvalue weighted by molar-refractivity contribution is 4.53. The van der Waals surface area contributed by atoms with E-state index in [9.17, 15) is 0 Å². The van der Waals surface area contributed by atoms with Gasteiger partial charge in [0.2, 0.25) is 0 Å². The summed E-state index contributed by atoms with van der Waals surface area (Å²) in [5.74, 6) is 0. The van der Waals surface area contributed by atoms with Crippen LogP contribution in [0.25, 0.3) is 0 Å². The number of hydrogen-bond donors (Lipinski definition) is 2. The fraction of sp³-hybridized carbons (Fsp3) is 1.00. The molecule has 0 aliphatic carbocycles. The molecule has 0 heterocycles. The smallest absolute Gasteiger partial charge is 0.0662 e. The van der Waals surface area contributed by atoms with Gasteiger partial charge in [-0.15, -0.1) is 0 Å². The third-order valence-electron chi connectivity index (χ3n) is 10.4. The first-order chi connectivity index (χ1) is 24.3. The molecule has 49 heavy (non-hydrogen) atoms. The van der Waals surface area contributed by atoms with Gasteiger partial charge in [0.15, 0.2) is 0 Å². The van der Waals surface area contributed by atoms with E-state index in [2.05, 4.69) is 13.8 Å². The fourth-order valence-electron chi connectivity index (χ4n) is 7.02. The number of unbranched alkanes of at least 4 members (excludes halogenated alkanes) is 38. The van der Waals surface area contributed by atoms with Crippen LogP contribution < -0.4 is 0 Å². The van der Waals surface area contributed by atoms with Gasteiger partial charge in [-0.3, -0.25) is 0 Å². The molecule has 0 saturated carbocycles. The molecular formula is C46H96O3. The molecule has 3 nitrogen and oxygen atoms in total. The van der Waals surface area contributed by atoms with Crippen molar-refractivity contribution in [3.63, 3.8) is 0 Å². The largest absolute Gasteiger partial charge is 0.394 e. The number of ether oxygens (including phenoxy) is 1. The minimum Gasteiger partial charge on any atom is -0.394 e. The van der Waals surface area contributed by atoms with Crippen LogP contribution in [0.4, 0.5) is 0 Å². The number of aliphatic hydroxyl groups excluding tert-OH is 2. The molecule has 0 atom stereocenters. The molecule has 3 heteroatoms. The highest BCUT2D eigenvalue weighted by atomic mass is 16.5. The Labute approximate surface area is 311 Å². The Morgan fingerprint density at radius 3 is 0.510 bits per heavy atom. The van der Waals surface area contributed by atoms with Gasteiger partial charge in [-0.1, -0.05) is 258 Å². The van der Waals surface area contributed by atoms with Crippen LogP contribution in [0, 0.1) is 0 Å². The summed E-state index contributed by atoms with van der Waals surface area (Å²) in [5.41, 5.74) is 0. The molecule has 0 amide bonds. The Morgan fingerprint density at radius 2 is 0.367 bits per heavy atom. The third kappa shape index (κ3) is 54.8. The van der Waals surface area contributed by atoms with Crippen molar-refractivity contribution in [2.24, 2.45) is 0 Å². The van der Waals surface area contributed by atoms with E-state index in [1.165, 1.54) is 257 Å². The zero-order chi connectivity index (χ0) is 35.8. The van der Waals surface area contributed by atoms with E-state index in [0.29, 0.717) is 0 Å². The molecule has 0 aliphatic rings. The molecule has 0 aromatic heterocycles. The van der Waals surface area contributed by atoms with Crippen LogP contribution in [-0.2, 0) is 4.74 Å². The number of rotatable bonds is 43. The van der Waals surface area contributed by atoms with Crippen molar-refractivity contribution >= 4 is 0 Å². The van der Waals surface area contributed by atoms with E-state index in [-0.39, 0.29) is 13.2 Å². The van der Waals surface area contributed by atoms with Crippen LogP contribution >= 0.6 is 0 Å². The molecule has 0 aromatic carbocycles. The minimum atomic E-state index is -0.125. The van der Waals surface area contributed by atoms with Crippen LogP contribution in [0.15, 0.2) is 0 Å². The van der Waals surface area contributed by atoms with Gasteiger partial charge in [0.05, 0.1) is 13.2 Å². The molecule has 2 N–H and O–H groups in total. The Hall–Kier alpha value is -0.120. The zero-order valence-corrected chi connectivity index (χ0v) is 34.4. The van der Waals surface area contributed by atoms with Crippen molar-refractivity contribution in [3.8, 4) is 0 Å². The van der Waals surface area contributed by atoms with Crippen LogP contribution in [0.3, 0.4) is 0 Å². The molecule has 298 valence electrons. The summed E-state index contributed by atoms with van der Waals surface area (Å²) in [6.07, 6.45) is 58.0. The molecule has 0 unspecified atom stereocenters. The van der Waals surface area contributed by atoms with Gasteiger partial charge in [-0.2, -0.15) is 0 Å².